The van der Waals surface area contributed by atoms with Crippen molar-refractivity contribution in [3.63, 3.8) is 0 Å². The summed E-state index contributed by atoms with van der Waals surface area (Å²) in [4.78, 5) is 11.2. The Morgan fingerprint density at radius 2 is 1.60 bits per heavy atom. The summed E-state index contributed by atoms with van der Waals surface area (Å²) in [5, 5.41) is 12.1. The van der Waals surface area contributed by atoms with E-state index < -0.39 is 5.91 Å². The first-order valence-corrected chi connectivity index (χ1v) is 6.64. The van der Waals surface area contributed by atoms with Crippen LogP contribution in [0.15, 0.2) is 48.5 Å². The standard InChI is InChI=1S/C16H16N2O2/c19-16(18-20)11-5-7-14(8-6-11)17-15-9-12-3-1-2-4-13(12)10-15/h1-8,15,17,20H,9-10H2,(H,18,19). The Bertz CT molecular complexity index is 598. The molecule has 4 nitrogen and oxygen atoms in total. The van der Waals surface area contributed by atoms with E-state index in [1.54, 1.807) is 17.6 Å². The third-order valence-corrected chi connectivity index (χ3v) is 3.67. The smallest absolute Gasteiger partial charge is 0.274 e. The normalized spacial score (nSPS) is 13.8. The van der Waals surface area contributed by atoms with Crippen molar-refractivity contribution >= 4 is 11.6 Å². The van der Waals surface area contributed by atoms with Crippen molar-refractivity contribution in [2.45, 2.75) is 18.9 Å². The van der Waals surface area contributed by atoms with Crippen molar-refractivity contribution in [1.29, 1.82) is 0 Å². The van der Waals surface area contributed by atoms with Crippen molar-refractivity contribution in [3.8, 4) is 0 Å². The van der Waals surface area contributed by atoms with Crippen molar-refractivity contribution in [2.75, 3.05) is 5.32 Å². The van der Waals surface area contributed by atoms with Gasteiger partial charge < -0.3 is 5.32 Å². The van der Waals surface area contributed by atoms with Crippen LogP contribution in [0.4, 0.5) is 5.69 Å². The largest absolute Gasteiger partial charge is 0.382 e. The Labute approximate surface area is 117 Å². The lowest BCUT2D eigenvalue weighted by molar-refractivity contribution is 0.0706. The third-order valence-electron chi connectivity index (χ3n) is 3.67. The van der Waals surface area contributed by atoms with E-state index in [4.69, 9.17) is 5.21 Å². The van der Waals surface area contributed by atoms with Crippen molar-refractivity contribution in [2.24, 2.45) is 0 Å². The molecule has 0 heterocycles. The van der Waals surface area contributed by atoms with E-state index in [2.05, 4.69) is 29.6 Å². The fourth-order valence-electron chi connectivity index (χ4n) is 2.68. The maximum atomic E-state index is 11.2. The highest BCUT2D eigenvalue weighted by molar-refractivity contribution is 5.93. The van der Waals surface area contributed by atoms with E-state index in [0.29, 0.717) is 11.6 Å². The molecule has 4 heteroatoms. The number of hydrogen-bond acceptors (Lipinski definition) is 3. The predicted octanol–water partition coefficient (Wildman–Crippen LogP) is 2.38. The zero-order chi connectivity index (χ0) is 13.9. The highest BCUT2D eigenvalue weighted by Gasteiger charge is 2.20. The zero-order valence-electron chi connectivity index (χ0n) is 11.0. The van der Waals surface area contributed by atoms with Crippen LogP contribution in [0, 0.1) is 0 Å². The zero-order valence-corrected chi connectivity index (χ0v) is 11.0. The highest BCUT2D eigenvalue weighted by Crippen LogP contribution is 2.24. The fourth-order valence-corrected chi connectivity index (χ4v) is 2.68. The topological polar surface area (TPSA) is 61.4 Å². The van der Waals surface area contributed by atoms with E-state index in [-0.39, 0.29) is 0 Å². The van der Waals surface area contributed by atoms with Gasteiger partial charge in [0.2, 0.25) is 0 Å². The molecule has 0 aromatic heterocycles. The molecule has 0 bridgehead atoms. The lowest BCUT2D eigenvalue weighted by Gasteiger charge is -2.13. The summed E-state index contributed by atoms with van der Waals surface area (Å²) in [6.07, 6.45) is 2.05. The van der Waals surface area contributed by atoms with Crippen LogP contribution in [0.2, 0.25) is 0 Å². The summed E-state index contributed by atoms with van der Waals surface area (Å²) >= 11 is 0. The molecule has 0 aliphatic heterocycles. The van der Waals surface area contributed by atoms with Crippen LogP contribution in [0.3, 0.4) is 0 Å². The first kappa shape index (κ1) is 12.7. The number of anilines is 1. The van der Waals surface area contributed by atoms with Crippen molar-refractivity contribution in [1.82, 2.24) is 5.48 Å². The molecule has 1 amide bonds. The second kappa shape index (κ2) is 5.35. The van der Waals surface area contributed by atoms with Gasteiger partial charge in [-0.3, -0.25) is 10.0 Å². The van der Waals surface area contributed by atoms with Gasteiger partial charge in [0.1, 0.15) is 0 Å². The summed E-state index contributed by atoms with van der Waals surface area (Å²) < 4.78 is 0. The Hall–Kier alpha value is -2.33. The summed E-state index contributed by atoms with van der Waals surface area (Å²) in [5.74, 6) is -0.496. The number of hydroxylamine groups is 1. The Morgan fingerprint density at radius 1 is 1.00 bits per heavy atom. The fraction of sp³-hybridized carbons (Fsp3) is 0.188. The minimum atomic E-state index is -0.496. The second-order valence-corrected chi connectivity index (χ2v) is 5.04. The molecule has 0 atom stereocenters. The number of carbonyl (C=O) groups is 1. The van der Waals surface area contributed by atoms with Crippen LogP contribution in [0.5, 0.6) is 0 Å². The minimum Gasteiger partial charge on any atom is -0.382 e. The third kappa shape index (κ3) is 2.51. The van der Waals surface area contributed by atoms with Crippen LogP contribution in [-0.2, 0) is 12.8 Å². The second-order valence-electron chi connectivity index (χ2n) is 5.04. The van der Waals surface area contributed by atoms with Gasteiger partial charge in [0, 0.05) is 17.3 Å². The van der Waals surface area contributed by atoms with Crippen molar-refractivity contribution in [3.05, 3.63) is 65.2 Å². The summed E-state index contributed by atoms with van der Waals surface area (Å²) in [5.41, 5.74) is 5.86. The van der Waals surface area contributed by atoms with Crippen LogP contribution in [0.25, 0.3) is 0 Å². The van der Waals surface area contributed by atoms with Crippen LogP contribution < -0.4 is 10.8 Å². The number of hydrogen-bond donors (Lipinski definition) is 3. The van der Waals surface area contributed by atoms with Crippen molar-refractivity contribution < 1.29 is 10.0 Å². The average Bonchev–Trinajstić information content (AvgIpc) is 2.89. The number of carbonyl (C=O) groups excluding carboxylic acids is 1. The molecule has 3 rings (SSSR count). The number of benzene rings is 2. The molecular formula is C16H16N2O2. The molecule has 0 saturated heterocycles. The molecule has 1 aliphatic rings. The highest BCUT2D eigenvalue weighted by atomic mass is 16.5. The number of fused-ring (bicyclic) bond motifs is 1. The predicted molar refractivity (Wildman–Crippen MR) is 77.0 cm³/mol. The van der Waals surface area contributed by atoms with Gasteiger partial charge in [0.05, 0.1) is 0 Å². The molecule has 0 radical (unpaired) electrons. The molecule has 0 unspecified atom stereocenters. The Balaban J connectivity index is 1.66. The van der Waals surface area contributed by atoms with Gasteiger partial charge in [-0.2, -0.15) is 0 Å². The lowest BCUT2D eigenvalue weighted by Crippen LogP contribution is -2.20. The molecule has 2 aromatic rings. The molecule has 2 aromatic carbocycles. The maximum Gasteiger partial charge on any atom is 0.274 e. The number of amides is 1. The average molecular weight is 268 g/mol. The molecule has 3 N–H and O–H groups in total. The van der Waals surface area contributed by atoms with E-state index in [0.717, 1.165) is 18.5 Å². The molecule has 0 fully saturated rings. The first-order chi connectivity index (χ1) is 9.76. The Morgan fingerprint density at radius 3 is 2.15 bits per heavy atom. The number of nitrogens with one attached hydrogen (secondary N) is 2. The van der Waals surface area contributed by atoms with E-state index in [9.17, 15) is 4.79 Å². The van der Waals surface area contributed by atoms with Gasteiger partial charge in [-0.05, 0) is 48.2 Å². The van der Waals surface area contributed by atoms with Crippen LogP contribution in [-0.4, -0.2) is 17.2 Å². The summed E-state index contributed by atoms with van der Waals surface area (Å²) in [7, 11) is 0. The van der Waals surface area contributed by atoms with Gasteiger partial charge >= 0.3 is 0 Å². The molecule has 1 aliphatic carbocycles. The summed E-state index contributed by atoms with van der Waals surface area (Å²) in [6.45, 7) is 0. The van der Waals surface area contributed by atoms with Crippen LogP contribution in [0.1, 0.15) is 21.5 Å². The van der Waals surface area contributed by atoms with E-state index in [1.165, 1.54) is 11.1 Å². The molecule has 0 saturated carbocycles. The lowest BCUT2D eigenvalue weighted by atomic mass is 10.1. The van der Waals surface area contributed by atoms with E-state index >= 15 is 0 Å². The monoisotopic (exact) mass is 268 g/mol. The van der Waals surface area contributed by atoms with Gasteiger partial charge in [0.25, 0.3) is 5.91 Å². The Kier molecular flexibility index (Phi) is 3.39. The van der Waals surface area contributed by atoms with Gasteiger partial charge in [-0.15, -0.1) is 0 Å². The first-order valence-electron chi connectivity index (χ1n) is 6.64. The maximum absolute atomic E-state index is 11.2. The molecular weight excluding hydrogens is 252 g/mol. The van der Waals surface area contributed by atoms with Gasteiger partial charge in [-0.25, -0.2) is 5.48 Å². The van der Waals surface area contributed by atoms with Crippen LogP contribution >= 0.6 is 0 Å². The molecule has 20 heavy (non-hydrogen) atoms. The molecule has 0 spiro atoms. The SMILES string of the molecule is O=C(NO)c1ccc(NC2Cc3ccccc3C2)cc1. The molecule has 102 valence electrons. The van der Waals surface area contributed by atoms with E-state index in [1.807, 2.05) is 12.1 Å². The minimum absolute atomic E-state index is 0.393. The quantitative estimate of drug-likeness (QED) is 0.591. The summed E-state index contributed by atoms with van der Waals surface area (Å²) in [6, 6.07) is 16.0. The van der Waals surface area contributed by atoms with Gasteiger partial charge in [-0.1, -0.05) is 24.3 Å². The van der Waals surface area contributed by atoms with Gasteiger partial charge in [0.15, 0.2) is 0 Å². The number of rotatable bonds is 3.